The van der Waals surface area contributed by atoms with Crippen molar-refractivity contribution in [3.05, 3.63) is 138 Å². The number of pyridine rings is 2. The minimum Gasteiger partial charge on any atom is -0.498 e. The van der Waals surface area contributed by atoms with E-state index in [1.165, 1.54) is 22.3 Å². The van der Waals surface area contributed by atoms with Crippen molar-refractivity contribution in [1.82, 2.24) is 15.0 Å². The third-order valence-corrected chi connectivity index (χ3v) is 9.99. The van der Waals surface area contributed by atoms with E-state index in [9.17, 15) is 0 Å². The van der Waals surface area contributed by atoms with Crippen molar-refractivity contribution in [1.29, 1.82) is 0 Å². The van der Waals surface area contributed by atoms with Crippen LogP contribution < -0.4 is 0 Å². The van der Waals surface area contributed by atoms with E-state index in [2.05, 4.69) is 137 Å². The van der Waals surface area contributed by atoms with Gasteiger partial charge in [-0.2, -0.15) is 0 Å². The first-order valence-corrected chi connectivity index (χ1v) is 17.9. The van der Waals surface area contributed by atoms with Gasteiger partial charge in [0.15, 0.2) is 0 Å². The van der Waals surface area contributed by atoms with Crippen LogP contribution in [0.1, 0.15) is 57.7 Å². The Kier molecular flexibility index (Phi) is 10.4. The molecule has 0 aliphatic rings. The first-order chi connectivity index (χ1) is 23.9. The van der Waals surface area contributed by atoms with Crippen molar-refractivity contribution in [2.24, 2.45) is 5.41 Å². The number of thiazole rings is 1. The Balaban J connectivity index is 0.000000173. The third-order valence-electron chi connectivity index (χ3n) is 8.55. The molecule has 6 heteroatoms. The fourth-order valence-corrected chi connectivity index (χ4v) is 7.08. The molecule has 4 nitrogen and oxygen atoms in total. The van der Waals surface area contributed by atoms with E-state index < -0.39 is 0 Å². The van der Waals surface area contributed by atoms with E-state index in [1.807, 2.05) is 36.5 Å². The fraction of sp³-hybridized carbons (Fsp3) is 0.222. The van der Waals surface area contributed by atoms with Gasteiger partial charge in [0, 0.05) is 43.3 Å². The van der Waals surface area contributed by atoms with Crippen LogP contribution in [0.4, 0.5) is 0 Å². The van der Waals surface area contributed by atoms with Crippen LogP contribution in [0.5, 0.6) is 0 Å². The zero-order valence-electron chi connectivity index (χ0n) is 30.1. The monoisotopic (exact) mass is 864 g/mol. The average Bonchev–Trinajstić information content (AvgIpc) is 3.72. The number of nitrogens with zero attached hydrogens (tertiary/aromatic N) is 3. The molecule has 259 valence electrons. The molecule has 4 heterocycles. The molecule has 0 unspecified atom stereocenters. The van der Waals surface area contributed by atoms with Gasteiger partial charge in [0.1, 0.15) is 11.1 Å². The number of hydrogen-bond acceptors (Lipinski definition) is 5. The number of benzene rings is 4. The van der Waals surface area contributed by atoms with Crippen molar-refractivity contribution in [2.75, 3.05) is 0 Å². The minimum absolute atomic E-state index is 0. The molecule has 0 atom stereocenters. The van der Waals surface area contributed by atoms with E-state index in [0.29, 0.717) is 5.41 Å². The van der Waals surface area contributed by atoms with E-state index in [-0.39, 0.29) is 25.5 Å². The summed E-state index contributed by atoms with van der Waals surface area (Å²) in [6, 6.07) is 40.0. The molecule has 51 heavy (non-hydrogen) atoms. The number of furan rings is 1. The molecule has 0 aliphatic carbocycles. The van der Waals surface area contributed by atoms with Crippen LogP contribution in [-0.4, -0.2) is 15.0 Å². The van der Waals surface area contributed by atoms with Gasteiger partial charge >= 0.3 is 0 Å². The van der Waals surface area contributed by atoms with Crippen molar-refractivity contribution in [3.8, 4) is 33.6 Å². The summed E-state index contributed by atoms with van der Waals surface area (Å²) in [7, 11) is 0. The summed E-state index contributed by atoms with van der Waals surface area (Å²) in [5, 5.41) is 3.29. The Morgan fingerprint density at radius 3 is 2.18 bits per heavy atom. The maximum absolute atomic E-state index is 6.35. The Bertz CT molecular complexity index is 2410. The smallest absolute Gasteiger partial charge is 0.148 e. The summed E-state index contributed by atoms with van der Waals surface area (Å²) in [5.41, 5.74) is 11.7. The Morgan fingerprint density at radius 2 is 1.49 bits per heavy atom. The maximum atomic E-state index is 6.35. The number of aromatic nitrogens is 3. The number of aryl methyl sites for hydroxylation is 1. The number of fused-ring (bicyclic) bond motifs is 5. The second kappa shape index (κ2) is 14.6. The first kappa shape index (κ1) is 36.3. The van der Waals surface area contributed by atoms with Crippen LogP contribution in [0.3, 0.4) is 0 Å². The summed E-state index contributed by atoms with van der Waals surface area (Å²) >= 11 is 1.74. The molecule has 0 saturated carbocycles. The summed E-state index contributed by atoms with van der Waals surface area (Å²) in [6.45, 7) is 15.5. The Labute approximate surface area is 318 Å². The topological polar surface area (TPSA) is 51.8 Å². The average molecular weight is 864 g/mol. The molecule has 8 rings (SSSR count). The van der Waals surface area contributed by atoms with Gasteiger partial charge in [-0.15, -0.1) is 64.9 Å². The van der Waals surface area contributed by atoms with E-state index in [1.54, 1.807) is 17.5 Å². The molecule has 1 radical (unpaired) electrons. The van der Waals surface area contributed by atoms with Crippen LogP contribution in [-0.2, 0) is 31.9 Å². The van der Waals surface area contributed by atoms with Gasteiger partial charge < -0.3 is 14.4 Å². The van der Waals surface area contributed by atoms with Gasteiger partial charge in [0.2, 0.25) is 0 Å². The standard InChI is InChI=1S/C23H24N.C22H17N2OS.Ir/c1-17-5-9-20(10-6-17)22-15-21(13-14-24-22)19-11-7-18(8-12-19)16-23(2,3)4;1-22(2,3)21-24-18-17(26-21)11-10-14-13-7-6-8-15(19(13)25-20(14)18)16-9-4-5-12-23-16;/h5-9,11-15H,16H2,1-4H3;4-7,9-12H,1-3H3;/q2*-1;. The molecule has 8 aromatic rings. The molecule has 4 aromatic carbocycles. The quantitative estimate of drug-likeness (QED) is 0.165. The molecule has 0 N–H and O–H groups in total. The Morgan fingerprint density at radius 1 is 0.725 bits per heavy atom. The molecule has 0 aliphatic heterocycles. The zero-order valence-corrected chi connectivity index (χ0v) is 33.3. The predicted molar refractivity (Wildman–Crippen MR) is 210 cm³/mol. The van der Waals surface area contributed by atoms with Gasteiger partial charge in [-0.25, -0.2) is 4.98 Å². The van der Waals surface area contributed by atoms with Gasteiger partial charge in [-0.05, 0) is 58.1 Å². The van der Waals surface area contributed by atoms with Crippen LogP contribution in [0.25, 0.3) is 65.8 Å². The molecule has 0 amide bonds. The van der Waals surface area contributed by atoms with Crippen LogP contribution in [0, 0.1) is 24.5 Å². The van der Waals surface area contributed by atoms with Crippen LogP contribution in [0.2, 0.25) is 0 Å². The number of hydrogen-bond donors (Lipinski definition) is 0. The second-order valence-electron chi connectivity index (χ2n) is 15.1. The minimum atomic E-state index is 0. The van der Waals surface area contributed by atoms with E-state index in [0.717, 1.165) is 66.1 Å². The SMILES string of the molecule is CC(C)(C)c1nc2c(ccc3c4cc[c-]c(-c5ccccn5)c4oc32)s1.Cc1c[c-]c(-c2cc(-c3ccc(CC(C)(C)C)cc3)ccn2)cc1.[Ir]. The summed E-state index contributed by atoms with van der Waals surface area (Å²) in [4.78, 5) is 13.9. The van der Waals surface area contributed by atoms with Crippen molar-refractivity contribution < 1.29 is 24.5 Å². The zero-order chi connectivity index (χ0) is 35.0. The van der Waals surface area contributed by atoms with Crippen LogP contribution >= 0.6 is 11.3 Å². The van der Waals surface area contributed by atoms with E-state index in [4.69, 9.17) is 9.40 Å². The van der Waals surface area contributed by atoms with Gasteiger partial charge in [-0.1, -0.05) is 108 Å². The van der Waals surface area contributed by atoms with Gasteiger partial charge in [-0.3, -0.25) is 0 Å². The van der Waals surface area contributed by atoms with Crippen molar-refractivity contribution in [3.63, 3.8) is 0 Å². The van der Waals surface area contributed by atoms with Gasteiger partial charge in [0.05, 0.1) is 15.3 Å². The molecule has 0 fully saturated rings. The Hall–Kier alpha value is -4.48. The largest absolute Gasteiger partial charge is 0.498 e. The maximum Gasteiger partial charge on any atom is 0.148 e. The van der Waals surface area contributed by atoms with Gasteiger partial charge in [0.25, 0.3) is 0 Å². The van der Waals surface area contributed by atoms with E-state index >= 15 is 0 Å². The summed E-state index contributed by atoms with van der Waals surface area (Å²) < 4.78 is 7.51. The first-order valence-electron chi connectivity index (χ1n) is 17.1. The summed E-state index contributed by atoms with van der Waals surface area (Å²) in [5.74, 6) is 0. The fourth-order valence-electron chi connectivity index (χ4n) is 6.06. The third kappa shape index (κ3) is 8.04. The molecule has 0 bridgehead atoms. The molecule has 0 spiro atoms. The molecular weight excluding hydrogens is 823 g/mol. The predicted octanol–water partition coefficient (Wildman–Crippen LogP) is 12.5. The summed E-state index contributed by atoms with van der Waals surface area (Å²) in [6.07, 6.45) is 4.76. The number of rotatable bonds is 4. The van der Waals surface area contributed by atoms with Crippen LogP contribution in [0.15, 0.2) is 114 Å². The molecular formula is C45H41IrN3OS-2. The normalized spacial score (nSPS) is 11.7. The van der Waals surface area contributed by atoms with Crippen molar-refractivity contribution >= 4 is 43.5 Å². The van der Waals surface area contributed by atoms with Crippen molar-refractivity contribution in [2.45, 2.75) is 60.3 Å². The second-order valence-corrected chi connectivity index (χ2v) is 16.1. The molecule has 4 aromatic heterocycles. The molecule has 0 saturated heterocycles.